The molecule has 0 aromatic heterocycles. The number of hydrogen-bond acceptors (Lipinski definition) is 4. The minimum Gasteiger partial charge on any atom is -0.398 e. The van der Waals surface area contributed by atoms with E-state index in [0.717, 1.165) is 0 Å². The van der Waals surface area contributed by atoms with Crippen molar-refractivity contribution in [3.05, 3.63) is 23.3 Å². The molecule has 6 N–H and O–H groups in total. The lowest BCUT2D eigenvalue weighted by Crippen LogP contribution is -2.23. The first-order chi connectivity index (χ1) is 7.03. The van der Waals surface area contributed by atoms with Crippen LogP contribution in [0.1, 0.15) is 38.8 Å². The zero-order valence-corrected chi connectivity index (χ0v) is 10.2. The molecule has 0 aliphatic rings. The number of hydrogen-bond donors (Lipinski definition) is 4. The van der Waals surface area contributed by atoms with Crippen molar-refractivity contribution >= 4 is 11.4 Å². The Hall–Kier alpha value is -1.26. The molecule has 0 aliphatic carbocycles. The second-order valence-electron chi connectivity index (χ2n) is 5.14. The van der Waals surface area contributed by atoms with E-state index in [-0.39, 0.29) is 0 Å². The maximum absolute atomic E-state index is 9.95. The van der Waals surface area contributed by atoms with E-state index in [1.165, 1.54) is 0 Å². The maximum atomic E-state index is 9.95. The summed E-state index contributed by atoms with van der Waals surface area (Å²) in [5.41, 5.74) is 11.5. The summed E-state index contributed by atoms with van der Waals surface area (Å²) in [5, 5.41) is 19.9. The third-order valence-electron chi connectivity index (χ3n) is 2.54. The first-order valence-corrected chi connectivity index (χ1v) is 5.18. The summed E-state index contributed by atoms with van der Waals surface area (Å²) in [6, 6.07) is 3.23. The van der Waals surface area contributed by atoms with Crippen LogP contribution in [0, 0.1) is 0 Å². The highest BCUT2D eigenvalue weighted by atomic mass is 16.3. The summed E-state index contributed by atoms with van der Waals surface area (Å²) in [6.45, 7) is 6.57. The molecule has 0 fully saturated rings. The molecule has 0 unspecified atom stereocenters. The van der Waals surface area contributed by atoms with Gasteiger partial charge in [0.2, 0.25) is 0 Å². The van der Waals surface area contributed by atoms with Crippen LogP contribution in [-0.2, 0) is 11.2 Å². The van der Waals surface area contributed by atoms with Gasteiger partial charge in [-0.25, -0.2) is 0 Å². The van der Waals surface area contributed by atoms with Crippen LogP contribution in [-0.4, -0.2) is 10.2 Å². The Balaban J connectivity index is 3.45. The largest absolute Gasteiger partial charge is 0.398 e. The fourth-order valence-corrected chi connectivity index (χ4v) is 1.69. The van der Waals surface area contributed by atoms with Crippen molar-refractivity contribution in [3.63, 3.8) is 0 Å². The van der Waals surface area contributed by atoms with Gasteiger partial charge in [0.15, 0.2) is 0 Å². The minimum atomic E-state index is -1.06. The van der Waals surface area contributed by atoms with Gasteiger partial charge in [-0.2, -0.15) is 0 Å². The molecule has 0 spiro atoms. The lowest BCUT2D eigenvalue weighted by molar-refractivity contribution is 0.0728. The Bertz CT molecular complexity index is 365. The minimum absolute atomic E-state index is 0.429. The Morgan fingerprint density at radius 1 is 0.812 bits per heavy atom. The monoisotopic (exact) mass is 224 g/mol. The Labute approximate surface area is 95.9 Å². The molecule has 0 aliphatic heterocycles. The van der Waals surface area contributed by atoms with Gasteiger partial charge in [-0.05, 0) is 39.8 Å². The van der Waals surface area contributed by atoms with Crippen LogP contribution in [0.4, 0.5) is 11.4 Å². The van der Waals surface area contributed by atoms with Gasteiger partial charge < -0.3 is 21.7 Å². The van der Waals surface area contributed by atoms with Gasteiger partial charge in [0, 0.05) is 22.5 Å². The topological polar surface area (TPSA) is 92.5 Å². The number of benzene rings is 1. The normalized spacial score (nSPS) is 12.9. The van der Waals surface area contributed by atoms with E-state index < -0.39 is 11.2 Å². The number of rotatable bonds is 2. The van der Waals surface area contributed by atoms with E-state index in [0.29, 0.717) is 22.5 Å². The van der Waals surface area contributed by atoms with Gasteiger partial charge >= 0.3 is 0 Å². The molecule has 1 aromatic rings. The van der Waals surface area contributed by atoms with E-state index in [9.17, 15) is 10.2 Å². The second-order valence-corrected chi connectivity index (χ2v) is 5.14. The molecular formula is C12H20N2O2. The van der Waals surface area contributed by atoms with Crippen molar-refractivity contribution in [2.45, 2.75) is 38.9 Å². The van der Waals surface area contributed by atoms with Crippen molar-refractivity contribution < 1.29 is 10.2 Å². The first kappa shape index (κ1) is 12.8. The van der Waals surface area contributed by atoms with Crippen molar-refractivity contribution in [3.8, 4) is 0 Å². The average molecular weight is 224 g/mol. The molecule has 0 saturated carbocycles. The van der Waals surface area contributed by atoms with Crippen molar-refractivity contribution in [1.82, 2.24) is 0 Å². The summed E-state index contributed by atoms with van der Waals surface area (Å²) < 4.78 is 0. The molecular weight excluding hydrogens is 204 g/mol. The standard InChI is InChI=1S/C12H20N2O2/c1-11(2,15)7-5-8(12(3,4)16)10(14)6-9(7)13/h5-6,15-16H,13-14H2,1-4H3. The lowest BCUT2D eigenvalue weighted by atomic mass is 9.88. The molecule has 1 aromatic carbocycles. The van der Waals surface area contributed by atoms with E-state index in [1.807, 2.05) is 0 Å². The predicted octanol–water partition coefficient (Wildman–Crippen LogP) is 1.31. The van der Waals surface area contributed by atoms with Crippen molar-refractivity contribution in [1.29, 1.82) is 0 Å². The van der Waals surface area contributed by atoms with E-state index in [4.69, 9.17) is 11.5 Å². The fourth-order valence-electron chi connectivity index (χ4n) is 1.69. The highest BCUT2D eigenvalue weighted by Crippen LogP contribution is 2.34. The van der Waals surface area contributed by atoms with Crippen LogP contribution in [0.5, 0.6) is 0 Å². The zero-order chi connectivity index (χ0) is 12.7. The van der Waals surface area contributed by atoms with Crippen LogP contribution in [0.2, 0.25) is 0 Å². The highest BCUT2D eigenvalue weighted by molar-refractivity contribution is 5.63. The maximum Gasteiger partial charge on any atom is 0.0860 e. The molecule has 0 saturated heterocycles. The molecule has 1 rings (SSSR count). The lowest BCUT2D eigenvalue weighted by Gasteiger charge is -2.26. The van der Waals surface area contributed by atoms with Crippen molar-refractivity contribution in [2.75, 3.05) is 11.5 Å². The van der Waals surface area contributed by atoms with Crippen LogP contribution < -0.4 is 11.5 Å². The Morgan fingerprint density at radius 2 is 1.12 bits per heavy atom. The number of anilines is 2. The zero-order valence-electron chi connectivity index (χ0n) is 10.2. The molecule has 16 heavy (non-hydrogen) atoms. The van der Waals surface area contributed by atoms with E-state index in [1.54, 1.807) is 39.8 Å². The van der Waals surface area contributed by atoms with Crippen LogP contribution in [0.25, 0.3) is 0 Å². The van der Waals surface area contributed by atoms with Gasteiger partial charge in [0.05, 0.1) is 11.2 Å². The van der Waals surface area contributed by atoms with E-state index in [2.05, 4.69) is 0 Å². The molecule has 0 bridgehead atoms. The molecule has 4 nitrogen and oxygen atoms in total. The fraction of sp³-hybridized carbons (Fsp3) is 0.500. The molecule has 0 amide bonds. The average Bonchev–Trinajstić information content (AvgIpc) is 1.97. The Kier molecular flexibility index (Phi) is 2.92. The van der Waals surface area contributed by atoms with Gasteiger partial charge in [0.1, 0.15) is 0 Å². The number of nitrogen functional groups attached to an aromatic ring is 2. The van der Waals surface area contributed by atoms with E-state index >= 15 is 0 Å². The third kappa shape index (κ3) is 2.46. The number of nitrogens with two attached hydrogens (primary N) is 2. The van der Waals surface area contributed by atoms with Crippen LogP contribution in [0.15, 0.2) is 12.1 Å². The molecule has 4 heteroatoms. The molecule has 90 valence electrons. The predicted molar refractivity (Wildman–Crippen MR) is 65.8 cm³/mol. The summed E-state index contributed by atoms with van der Waals surface area (Å²) in [6.07, 6.45) is 0. The SMILES string of the molecule is CC(C)(O)c1cc(C(C)(C)O)c(N)cc1N. The number of aliphatic hydroxyl groups is 2. The molecule has 0 heterocycles. The third-order valence-corrected chi connectivity index (χ3v) is 2.54. The second kappa shape index (κ2) is 3.64. The van der Waals surface area contributed by atoms with Crippen molar-refractivity contribution in [2.24, 2.45) is 0 Å². The Morgan fingerprint density at radius 3 is 1.38 bits per heavy atom. The van der Waals surface area contributed by atoms with Gasteiger partial charge in [-0.15, -0.1) is 0 Å². The van der Waals surface area contributed by atoms with Crippen LogP contribution in [0.3, 0.4) is 0 Å². The summed E-state index contributed by atoms with van der Waals surface area (Å²) >= 11 is 0. The summed E-state index contributed by atoms with van der Waals surface area (Å²) in [7, 11) is 0. The summed E-state index contributed by atoms with van der Waals surface area (Å²) in [4.78, 5) is 0. The van der Waals surface area contributed by atoms with Gasteiger partial charge in [-0.1, -0.05) is 0 Å². The first-order valence-electron chi connectivity index (χ1n) is 5.18. The van der Waals surface area contributed by atoms with Crippen LogP contribution >= 0.6 is 0 Å². The summed E-state index contributed by atoms with van der Waals surface area (Å²) in [5.74, 6) is 0. The smallest absolute Gasteiger partial charge is 0.0860 e. The van der Waals surface area contributed by atoms with Gasteiger partial charge in [0.25, 0.3) is 0 Å². The molecule has 0 radical (unpaired) electrons. The highest BCUT2D eigenvalue weighted by Gasteiger charge is 2.25. The van der Waals surface area contributed by atoms with Gasteiger partial charge in [-0.3, -0.25) is 0 Å². The quantitative estimate of drug-likeness (QED) is 0.570. The molecule has 0 atom stereocenters.